The molecule has 18 heavy (non-hydrogen) atoms. The molecule has 0 unspecified atom stereocenters. The van der Waals surface area contributed by atoms with Gasteiger partial charge >= 0.3 is 5.97 Å². The number of rotatable bonds is 11. The highest BCUT2D eigenvalue weighted by Crippen LogP contribution is 2.01. The topological polar surface area (TPSA) is 78.7 Å². The number of unbranched alkanes of at least 4 members (excludes halogenated alkanes) is 2. The molecule has 0 aromatic heterocycles. The lowest BCUT2D eigenvalue weighted by Gasteiger charge is -2.03. The number of ether oxygens (including phenoxy) is 1. The van der Waals surface area contributed by atoms with Crippen LogP contribution >= 0.6 is 0 Å². The number of hydrogen-bond acceptors (Lipinski definition) is 5. The van der Waals surface area contributed by atoms with Crippen LogP contribution in [0.1, 0.15) is 45.4 Å². The van der Waals surface area contributed by atoms with Crippen molar-refractivity contribution in [3.63, 3.8) is 0 Å². The van der Waals surface area contributed by atoms with Crippen LogP contribution in [0.25, 0.3) is 0 Å². The standard InChI is InChI=1S/C12H21NO5/c1-2-3-4-5-6-9-12(14)17-10-7-8-11-18-13(15)16/h3-4H,2,5-11H2,1H3/b4-3-. The zero-order valence-corrected chi connectivity index (χ0v) is 10.8. The Bertz CT molecular complexity index is 265. The number of carbonyl (C=O) groups is 1. The van der Waals surface area contributed by atoms with E-state index >= 15 is 0 Å². The van der Waals surface area contributed by atoms with Crippen molar-refractivity contribution in [2.45, 2.75) is 45.4 Å². The van der Waals surface area contributed by atoms with Gasteiger partial charge in [-0.2, -0.15) is 0 Å². The van der Waals surface area contributed by atoms with Crippen molar-refractivity contribution in [3.8, 4) is 0 Å². The minimum atomic E-state index is -0.824. The summed E-state index contributed by atoms with van der Waals surface area (Å²) >= 11 is 0. The molecule has 6 heteroatoms. The molecule has 0 spiro atoms. The van der Waals surface area contributed by atoms with Gasteiger partial charge in [0.1, 0.15) is 0 Å². The molecule has 0 N–H and O–H groups in total. The van der Waals surface area contributed by atoms with Crippen molar-refractivity contribution in [2.75, 3.05) is 13.2 Å². The summed E-state index contributed by atoms with van der Waals surface area (Å²) < 4.78 is 4.97. The first kappa shape index (κ1) is 16.4. The molecular formula is C12H21NO5. The first-order chi connectivity index (χ1) is 8.66. The lowest BCUT2D eigenvalue weighted by molar-refractivity contribution is -0.757. The summed E-state index contributed by atoms with van der Waals surface area (Å²) in [5.41, 5.74) is 0. The van der Waals surface area contributed by atoms with Crippen LogP contribution in [0.2, 0.25) is 0 Å². The summed E-state index contributed by atoms with van der Waals surface area (Å²) in [6.45, 7) is 2.41. The summed E-state index contributed by atoms with van der Waals surface area (Å²) in [4.78, 5) is 25.2. The lowest BCUT2D eigenvalue weighted by atomic mass is 10.2. The van der Waals surface area contributed by atoms with Crippen molar-refractivity contribution in [3.05, 3.63) is 22.3 Å². The summed E-state index contributed by atoms with van der Waals surface area (Å²) in [5.74, 6) is -0.213. The molecule has 0 bridgehead atoms. The molecule has 0 aromatic carbocycles. The maximum Gasteiger partial charge on any atom is 0.305 e. The van der Waals surface area contributed by atoms with Crippen molar-refractivity contribution in [2.24, 2.45) is 0 Å². The Labute approximate surface area is 107 Å². The van der Waals surface area contributed by atoms with E-state index in [4.69, 9.17) is 4.74 Å². The van der Waals surface area contributed by atoms with E-state index in [0.717, 1.165) is 19.3 Å². The Morgan fingerprint density at radius 1 is 1.22 bits per heavy atom. The van der Waals surface area contributed by atoms with Crippen LogP contribution in [0, 0.1) is 10.1 Å². The molecule has 0 saturated heterocycles. The number of esters is 1. The van der Waals surface area contributed by atoms with Gasteiger partial charge in [-0.25, -0.2) is 0 Å². The van der Waals surface area contributed by atoms with Crippen molar-refractivity contribution < 1.29 is 19.5 Å². The van der Waals surface area contributed by atoms with Gasteiger partial charge in [0.25, 0.3) is 5.09 Å². The summed E-state index contributed by atoms with van der Waals surface area (Å²) in [6.07, 6.45) is 8.32. The van der Waals surface area contributed by atoms with Gasteiger partial charge in [-0.3, -0.25) is 4.79 Å². The number of nitrogens with zero attached hydrogens (tertiary/aromatic N) is 1. The molecular weight excluding hydrogens is 238 g/mol. The van der Waals surface area contributed by atoms with Crippen molar-refractivity contribution in [1.82, 2.24) is 0 Å². The molecule has 104 valence electrons. The zero-order valence-electron chi connectivity index (χ0n) is 10.8. The van der Waals surface area contributed by atoms with Crippen LogP contribution in [0.5, 0.6) is 0 Å². The minimum Gasteiger partial charge on any atom is -0.466 e. The highest BCUT2D eigenvalue weighted by molar-refractivity contribution is 5.69. The second kappa shape index (κ2) is 11.9. The molecule has 0 amide bonds. The van der Waals surface area contributed by atoms with E-state index in [2.05, 4.69) is 23.9 Å². The van der Waals surface area contributed by atoms with E-state index in [1.807, 2.05) is 0 Å². The average molecular weight is 259 g/mol. The van der Waals surface area contributed by atoms with E-state index < -0.39 is 5.09 Å². The van der Waals surface area contributed by atoms with E-state index in [1.165, 1.54) is 0 Å². The summed E-state index contributed by atoms with van der Waals surface area (Å²) in [7, 11) is 0. The Kier molecular flexibility index (Phi) is 10.8. The predicted molar refractivity (Wildman–Crippen MR) is 66.4 cm³/mol. The van der Waals surface area contributed by atoms with E-state index in [-0.39, 0.29) is 12.6 Å². The predicted octanol–water partition coefficient (Wildman–Crippen LogP) is 2.65. The molecule has 6 nitrogen and oxygen atoms in total. The van der Waals surface area contributed by atoms with Crippen LogP contribution in [0.3, 0.4) is 0 Å². The molecule has 0 heterocycles. The largest absolute Gasteiger partial charge is 0.466 e. The molecule has 0 atom stereocenters. The first-order valence-corrected chi connectivity index (χ1v) is 6.24. The van der Waals surface area contributed by atoms with Crippen LogP contribution in [-0.4, -0.2) is 24.3 Å². The molecule has 0 saturated carbocycles. The third kappa shape index (κ3) is 12.5. The average Bonchev–Trinajstić information content (AvgIpc) is 2.33. The van der Waals surface area contributed by atoms with Crippen LogP contribution < -0.4 is 0 Å². The second-order valence-corrected chi connectivity index (χ2v) is 3.76. The fourth-order valence-electron chi connectivity index (χ4n) is 1.25. The molecule has 0 aromatic rings. The Morgan fingerprint density at radius 2 is 1.94 bits per heavy atom. The maximum absolute atomic E-state index is 11.2. The Balaban J connectivity index is 3.26. The SMILES string of the molecule is CC/C=C\CCCC(=O)OCCCCO[N+](=O)[O-]. The van der Waals surface area contributed by atoms with Gasteiger partial charge in [-0.15, -0.1) is 10.1 Å². The summed E-state index contributed by atoms with van der Waals surface area (Å²) in [6, 6.07) is 0. The van der Waals surface area contributed by atoms with Crippen molar-refractivity contribution >= 4 is 5.97 Å². The molecule has 0 radical (unpaired) electrons. The molecule has 0 aliphatic carbocycles. The molecule has 0 rings (SSSR count). The molecule has 0 aliphatic heterocycles. The van der Waals surface area contributed by atoms with Gasteiger partial charge in [0.2, 0.25) is 0 Å². The zero-order chi connectivity index (χ0) is 13.6. The number of hydrogen-bond donors (Lipinski definition) is 0. The molecule has 0 aliphatic rings. The monoisotopic (exact) mass is 259 g/mol. The fraction of sp³-hybridized carbons (Fsp3) is 0.750. The molecule has 0 fully saturated rings. The van der Waals surface area contributed by atoms with Gasteiger partial charge in [0.15, 0.2) is 0 Å². The third-order valence-corrected chi connectivity index (χ3v) is 2.15. The highest BCUT2D eigenvalue weighted by atomic mass is 16.9. The van der Waals surface area contributed by atoms with Gasteiger partial charge in [0.05, 0.1) is 13.2 Å². The van der Waals surface area contributed by atoms with Gasteiger partial charge in [-0.1, -0.05) is 19.1 Å². The van der Waals surface area contributed by atoms with Gasteiger partial charge < -0.3 is 9.57 Å². The normalized spacial score (nSPS) is 10.5. The van der Waals surface area contributed by atoms with E-state index in [9.17, 15) is 14.9 Å². The van der Waals surface area contributed by atoms with Gasteiger partial charge in [-0.05, 0) is 32.1 Å². The smallest absolute Gasteiger partial charge is 0.305 e. The lowest BCUT2D eigenvalue weighted by Crippen LogP contribution is -2.07. The van der Waals surface area contributed by atoms with Crippen molar-refractivity contribution in [1.29, 1.82) is 0 Å². The number of carbonyl (C=O) groups excluding carboxylic acids is 1. The maximum atomic E-state index is 11.2. The van der Waals surface area contributed by atoms with Crippen LogP contribution in [0.15, 0.2) is 12.2 Å². The first-order valence-electron chi connectivity index (χ1n) is 6.24. The van der Waals surface area contributed by atoms with Crippen LogP contribution in [0.4, 0.5) is 0 Å². The number of allylic oxidation sites excluding steroid dienone is 2. The highest BCUT2D eigenvalue weighted by Gasteiger charge is 2.01. The Hall–Kier alpha value is -1.59. The quantitative estimate of drug-likeness (QED) is 0.187. The Morgan fingerprint density at radius 3 is 2.61 bits per heavy atom. The third-order valence-electron chi connectivity index (χ3n) is 2.15. The van der Waals surface area contributed by atoms with E-state index in [0.29, 0.717) is 25.9 Å². The minimum absolute atomic E-state index is 0.0480. The van der Waals surface area contributed by atoms with Gasteiger partial charge in [0, 0.05) is 6.42 Å². The fourth-order valence-corrected chi connectivity index (χ4v) is 1.25. The summed E-state index contributed by atoms with van der Waals surface area (Å²) in [5, 5.41) is 9.00. The van der Waals surface area contributed by atoms with Crippen LogP contribution in [-0.2, 0) is 14.4 Å². The van der Waals surface area contributed by atoms with E-state index in [1.54, 1.807) is 0 Å². The second-order valence-electron chi connectivity index (χ2n) is 3.76.